The van der Waals surface area contributed by atoms with Crippen molar-refractivity contribution in [2.75, 3.05) is 32.8 Å². The number of piperazine rings is 1. The fourth-order valence-electron chi connectivity index (χ4n) is 2.13. The van der Waals surface area contributed by atoms with Crippen LogP contribution >= 0.6 is 24.0 Å². The van der Waals surface area contributed by atoms with Gasteiger partial charge in [-0.25, -0.2) is 8.42 Å². The third kappa shape index (κ3) is 4.02. The number of ether oxygens (including phenoxy) is 1. The summed E-state index contributed by atoms with van der Waals surface area (Å²) in [6.45, 7) is 6.28. The van der Waals surface area contributed by atoms with Gasteiger partial charge in [-0.05, 0) is 31.5 Å². The number of nitrogens with one attached hydrogen (secondary N) is 1. The van der Waals surface area contributed by atoms with Gasteiger partial charge >= 0.3 is 0 Å². The van der Waals surface area contributed by atoms with Gasteiger partial charge < -0.3 is 10.1 Å². The van der Waals surface area contributed by atoms with Crippen LogP contribution in [0.5, 0.6) is 5.75 Å². The van der Waals surface area contributed by atoms with Crippen molar-refractivity contribution in [3.8, 4) is 5.75 Å². The summed E-state index contributed by atoms with van der Waals surface area (Å²) in [5.74, 6) is 0.368. The van der Waals surface area contributed by atoms with Crippen LogP contribution in [-0.4, -0.2) is 45.5 Å². The molecule has 0 radical (unpaired) electrons. The number of hydrogen-bond acceptors (Lipinski definition) is 4. The van der Waals surface area contributed by atoms with Crippen LogP contribution in [0.15, 0.2) is 17.0 Å². The molecular formula is C13H20Cl2N2O3S. The number of sulfonamides is 1. The molecule has 1 aliphatic rings. The monoisotopic (exact) mass is 354 g/mol. The number of nitrogens with zero attached hydrogens (tertiary/aromatic N) is 1. The van der Waals surface area contributed by atoms with Crippen molar-refractivity contribution in [2.45, 2.75) is 18.7 Å². The van der Waals surface area contributed by atoms with Crippen LogP contribution in [-0.2, 0) is 10.0 Å². The first kappa shape index (κ1) is 18.5. The summed E-state index contributed by atoms with van der Waals surface area (Å²) in [4.78, 5) is 0.150. The second-order valence-electron chi connectivity index (χ2n) is 4.64. The zero-order valence-corrected chi connectivity index (χ0v) is 14.4. The first-order chi connectivity index (χ1) is 9.46. The summed E-state index contributed by atoms with van der Waals surface area (Å²) < 4.78 is 32.3. The molecular weight excluding hydrogens is 335 g/mol. The summed E-state index contributed by atoms with van der Waals surface area (Å²) >= 11 is 6.08. The normalized spacial score (nSPS) is 16.3. The van der Waals surface area contributed by atoms with E-state index in [0.717, 1.165) is 5.56 Å². The zero-order chi connectivity index (χ0) is 14.8. The van der Waals surface area contributed by atoms with Crippen molar-refractivity contribution < 1.29 is 13.2 Å². The SMILES string of the molecule is CCOc1cc(C)c(Cl)cc1S(=O)(=O)N1CCNCC1.Cl. The average molecular weight is 355 g/mol. The largest absolute Gasteiger partial charge is 0.492 e. The summed E-state index contributed by atoms with van der Waals surface area (Å²) in [6.07, 6.45) is 0. The summed E-state index contributed by atoms with van der Waals surface area (Å²) in [6, 6.07) is 3.17. The van der Waals surface area contributed by atoms with Crippen molar-refractivity contribution in [1.29, 1.82) is 0 Å². The van der Waals surface area contributed by atoms with Crippen molar-refractivity contribution in [3.05, 3.63) is 22.7 Å². The lowest BCUT2D eigenvalue weighted by atomic mass is 10.2. The highest BCUT2D eigenvalue weighted by Crippen LogP contribution is 2.32. The minimum absolute atomic E-state index is 0. The van der Waals surface area contributed by atoms with Crippen molar-refractivity contribution >= 4 is 34.0 Å². The molecule has 1 aromatic rings. The van der Waals surface area contributed by atoms with E-state index in [2.05, 4.69) is 5.32 Å². The molecule has 0 bridgehead atoms. The van der Waals surface area contributed by atoms with E-state index >= 15 is 0 Å². The Bertz CT molecular complexity index is 587. The van der Waals surface area contributed by atoms with Crippen LogP contribution in [0, 0.1) is 6.92 Å². The minimum atomic E-state index is -3.57. The molecule has 1 heterocycles. The number of hydrogen-bond donors (Lipinski definition) is 1. The number of benzene rings is 1. The molecule has 0 spiro atoms. The van der Waals surface area contributed by atoms with E-state index in [1.54, 1.807) is 6.07 Å². The predicted molar refractivity (Wildman–Crippen MR) is 86.2 cm³/mol. The van der Waals surface area contributed by atoms with E-state index in [4.69, 9.17) is 16.3 Å². The predicted octanol–water partition coefficient (Wildman–Crippen LogP) is 2.06. The highest BCUT2D eigenvalue weighted by atomic mass is 35.5. The Hall–Kier alpha value is -0.530. The van der Waals surface area contributed by atoms with Gasteiger partial charge in [-0.2, -0.15) is 4.31 Å². The topological polar surface area (TPSA) is 58.6 Å². The van der Waals surface area contributed by atoms with Gasteiger partial charge in [0.05, 0.1) is 6.61 Å². The molecule has 0 aromatic heterocycles. The Kier molecular flexibility index (Phi) is 6.74. The molecule has 1 fully saturated rings. The van der Waals surface area contributed by atoms with Gasteiger partial charge in [-0.15, -0.1) is 12.4 Å². The van der Waals surface area contributed by atoms with Gasteiger partial charge in [0.1, 0.15) is 10.6 Å². The summed E-state index contributed by atoms with van der Waals surface area (Å²) in [5, 5.41) is 3.57. The van der Waals surface area contributed by atoms with Crippen LogP contribution in [0.4, 0.5) is 0 Å². The van der Waals surface area contributed by atoms with E-state index in [1.165, 1.54) is 10.4 Å². The molecule has 1 aliphatic heterocycles. The Morgan fingerprint density at radius 3 is 2.52 bits per heavy atom. The first-order valence-electron chi connectivity index (χ1n) is 6.60. The van der Waals surface area contributed by atoms with Crippen LogP contribution in [0.3, 0.4) is 0 Å². The smallest absolute Gasteiger partial charge is 0.246 e. The van der Waals surface area contributed by atoms with Gasteiger partial charge in [0.25, 0.3) is 0 Å². The molecule has 0 unspecified atom stereocenters. The van der Waals surface area contributed by atoms with Crippen molar-refractivity contribution in [2.24, 2.45) is 0 Å². The quantitative estimate of drug-likeness (QED) is 0.898. The molecule has 0 aliphatic carbocycles. The maximum atomic E-state index is 12.7. The maximum absolute atomic E-state index is 12.7. The van der Waals surface area contributed by atoms with E-state index in [1.807, 2.05) is 13.8 Å². The lowest BCUT2D eigenvalue weighted by molar-refractivity contribution is 0.325. The molecule has 1 saturated heterocycles. The second-order valence-corrected chi connectivity index (χ2v) is 6.95. The highest BCUT2D eigenvalue weighted by Gasteiger charge is 2.29. The molecule has 1 aromatic carbocycles. The third-order valence-corrected chi connectivity index (χ3v) is 5.55. The molecule has 0 saturated carbocycles. The van der Waals surface area contributed by atoms with Gasteiger partial charge in [0.15, 0.2) is 0 Å². The maximum Gasteiger partial charge on any atom is 0.246 e. The zero-order valence-electron chi connectivity index (χ0n) is 12.1. The van der Waals surface area contributed by atoms with Gasteiger partial charge in [0, 0.05) is 31.2 Å². The molecule has 8 heteroatoms. The lowest BCUT2D eigenvalue weighted by Gasteiger charge is -2.27. The van der Waals surface area contributed by atoms with Crippen molar-refractivity contribution in [1.82, 2.24) is 9.62 Å². The summed E-state index contributed by atoms with van der Waals surface area (Å²) in [5.41, 5.74) is 0.800. The van der Waals surface area contributed by atoms with Crippen LogP contribution in [0.2, 0.25) is 5.02 Å². The third-order valence-electron chi connectivity index (χ3n) is 3.22. The van der Waals surface area contributed by atoms with E-state index in [0.29, 0.717) is 43.6 Å². The van der Waals surface area contributed by atoms with E-state index in [9.17, 15) is 8.42 Å². The average Bonchev–Trinajstić information content (AvgIpc) is 2.43. The number of halogens is 2. The van der Waals surface area contributed by atoms with Crippen LogP contribution < -0.4 is 10.1 Å². The first-order valence-corrected chi connectivity index (χ1v) is 8.42. The highest BCUT2D eigenvalue weighted by molar-refractivity contribution is 7.89. The molecule has 5 nitrogen and oxygen atoms in total. The Morgan fingerprint density at radius 1 is 1.33 bits per heavy atom. The number of rotatable bonds is 4. The Labute approximate surface area is 137 Å². The van der Waals surface area contributed by atoms with E-state index < -0.39 is 10.0 Å². The van der Waals surface area contributed by atoms with Crippen LogP contribution in [0.1, 0.15) is 12.5 Å². The van der Waals surface area contributed by atoms with Gasteiger partial charge in [0.2, 0.25) is 10.0 Å². The standard InChI is InChI=1S/C13H19ClN2O3S.ClH/c1-3-19-12-8-10(2)11(14)9-13(12)20(17,18)16-6-4-15-5-7-16;/h8-9,15H,3-7H2,1-2H3;1H. The molecule has 1 N–H and O–H groups in total. The van der Waals surface area contributed by atoms with Crippen LogP contribution in [0.25, 0.3) is 0 Å². The van der Waals surface area contributed by atoms with Gasteiger partial charge in [-0.1, -0.05) is 11.6 Å². The molecule has 21 heavy (non-hydrogen) atoms. The molecule has 0 amide bonds. The minimum Gasteiger partial charge on any atom is -0.492 e. The van der Waals surface area contributed by atoms with Gasteiger partial charge in [-0.3, -0.25) is 0 Å². The second kappa shape index (κ2) is 7.65. The lowest BCUT2D eigenvalue weighted by Crippen LogP contribution is -2.46. The molecule has 2 rings (SSSR count). The Morgan fingerprint density at radius 2 is 1.95 bits per heavy atom. The molecule has 0 atom stereocenters. The Balaban J connectivity index is 0.00000220. The summed E-state index contributed by atoms with van der Waals surface area (Å²) in [7, 11) is -3.57. The fraction of sp³-hybridized carbons (Fsp3) is 0.538. The molecule has 120 valence electrons. The van der Waals surface area contributed by atoms with E-state index in [-0.39, 0.29) is 17.3 Å². The van der Waals surface area contributed by atoms with Crippen molar-refractivity contribution in [3.63, 3.8) is 0 Å². The number of aryl methyl sites for hydroxylation is 1. The fourth-order valence-corrected chi connectivity index (χ4v) is 3.94.